The van der Waals surface area contributed by atoms with Crippen LogP contribution in [-0.4, -0.2) is 42.5 Å². The van der Waals surface area contributed by atoms with E-state index >= 15 is 0 Å². The third-order valence-electron chi connectivity index (χ3n) is 4.39. The number of morpholine rings is 1. The van der Waals surface area contributed by atoms with Crippen LogP contribution in [0, 0.1) is 0 Å². The van der Waals surface area contributed by atoms with Crippen LogP contribution in [-0.2, 0) is 9.53 Å². The summed E-state index contributed by atoms with van der Waals surface area (Å²) in [5.41, 5.74) is 1.40. The molecule has 1 heterocycles. The summed E-state index contributed by atoms with van der Waals surface area (Å²) in [5, 5.41) is 3.09. The van der Waals surface area contributed by atoms with Crippen molar-refractivity contribution in [3.8, 4) is 0 Å². The van der Waals surface area contributed by atoms with Crippen LogP contribution in [0.25, 0.3) is 0 Å². The summed E-state index contributed by atoms with van der Waals surface area (Å²) in [7, 11) is 0. The quantitative estimate of drug-likeness (QED) is 0.897. The van der Waals surface area contributed by atoms with Gasteiger partial charge in [-0.25, -0.2) is 0 Å². The second kappa shape index (κ2) is 8.34. The van der Waals surface area contributed by atoms with E-state index in [-0.39, 0.29) is 17.9 Å². The zero-order valence-electron chi connectivity index (χ0n) is 14.5. The smallest absolute Gasteiger partial charge is 0.253 e. The summed E-state index contributed by atoms with van der Waals surface area (Å²) in [5.74, 6) is -0.487. The van der Waals surface area contributed by atoms with Crippen molar-refractivity contribution in [2.75, 3.05) is 19.7 Å². The van der Waals surface area contributed by atoms with Crippen molar-refractivity contribution < 1.29 is 14.3 Å². The number of benzene rings is 2. The van der Waals surface area contributed by atoms with E-state index in [4.69, 9.17) is 16.3 Å². The third kappa shape index (κ3) is 4.23. The lowest BCUT2D eigenvalue weighted by atomic mass is 10.1. The first kappa shape index (κ1) is 18.4. The van der Waals surface area contributed by atoms with Gasteiger partial charge in [-0.05, 0) is 24.6 Å². The molecule has 0 saturated carbocycles. The molecular weight excluding hydrogens is 352 g/mol. The topological polar surface area (TPSA) is 58.6 Å². The Kier molecular flexibility index (Phi) is 5.91. The van der Waals surface area contributed by atoms with Gasteiger partial charge in [0.2, 0.25) is 5.91 Å². The Morgan fingerprint density at radius 3 is 2.58 bits per heavy atom. The summed E-state index contributed by atoms with van der Waals surface area (Å²) >= 11 is 6.05. The number of carbonyl (C=O) groups excluding carboxylic acids is 2. The van der Waals surface area contributed by atoms with Crippen LogP contribution in [0.1, 0.15) is 28.9 Å². The molecule has 1 unspecified atom stereocenters. The zero-order chi connectivity index (χ0) is 18.5. The normalized spacial score (nSPS) is 18.2. The summed E-state index contributed by atoms with van der Waals surface area (Å²) in [6.45, 7) is 3.13. The number of hydrogen-bond acceptors (Lipinski definition) is 3. The van der Waals surface area contributed by atoms with Crippen LogP contribution in [0.5, 0.6) is 0 Å². The van der Waals surface area contributed by atoms with E-state index in [9.17, 15) is 9.59 Å². The van der Waals surface area contributed by atoms with Gasteiger partial charge in [-0.3, -0.25) is 9.59 Å². The highest BCUT2D eigenvalue weighted by Crippen LogP contribution is 2.22. The van der Waals surface area contributed by atoms with Crippen LogP contribution in [0.3, 0.4) is 0 Å². The fourth-order valence-corrected chi connectivity index (χ4v) is 3.20. The predicted octanol–water partition coefficient (Wildman–Crippen LogP) is 3.06. The van der Waals surface area contributed by atoms with Gasteiger partial charge in [-0.15, -0.1) is 0 Å². The van der Waals surface area contributed by atoms with E-state index in [0.717, 1.165) is 5.56 Å². The Labute approximate surface area is 157 Å². The van der Waals surface area contributed by atoms with E-state index in [1.54, 1.807) is 36.1 Å². The van der Waals surface area contributed by atoms with Gasteiger partial charge in [0.25, 0.3) is 5.91 Å². The molecule has 1 N–H and O–H groups in total. The van der Waals surface area contributed by atoms with Crippen molar-refractivity contribution in [2.24, 2.45) is 0 Å². The summed E-state index contributed by atoms with van der Waals surface area (Å²) < 4.78 is 5.79. The van der Waals surface area contributed by atoms with Crippen LogP contribution in [0.15, 0.2) is 54.6 Å². The third-order valence-corrected chi connectivity index (χ3v) is 4.72. The molecule has 2 aromatic rings. The monoisotopic (exact) mass is 372 g/mol. The molecule has 2 atom stereocenters. The van der Waals surface area contributed by atoms with Gasteiger partial charge in [0.05, 0.1) is 23.7 Å². The Bertz CT molecular complexity index is 782. The first-order chi connectivity index (χ1) is 12.6. The molecule has 0 aromatic heterocycles. The summed E-state index contributed by atoms with van der Waals surface area (Å²) in [4.78, 5) is 26.8. The number of halogens is 1. The summed E-state index contributed by atoms with van der Waals surface area (Å²) in [6, 6.07) is 15.9. The molecule has 6 heteroatoms. The van der Waals surface area contributed by atoms with Gasteiger partial charge in [0, 0.05) is 6.54 Å². The van der Waals surface area contributed by atoms with Gasteiger partial charge < -0.3 is 15.0 Å². The molecule has 1 aliphatic heterocycles. The number of carbonyl (C=O) groups is 2. The van der Waals surface area contributed by atoms with Crippen LogP contribution >= 0.6 is 11.6 Å². The lowest BCUT2D eigenvalue weighted by Gasteiger charge is -2.34. The van der Waals surface area contributed by atoms with Crippen molar-refractivity contribution in [2.45, 2.75) is 19.1 Å². The number of hydrogen-bond donors (Lipinski definition) is 1. The molecule has 3 rings (SSSR count). The second-order valence-electron chi connectivity index (χ2n) is 6.23. The highest BCUT2D eigenvalue weighted by Gasteiger charge is 2.29. The number of nitrogens with zero attached hydrogens (tertiary/aromatic N) is 1. The SMILES string of the molecule is C[C@@H](NC(=O)c1ccccc1Cl)C(=O)N1CCOC(c2ccccc2)C1. The molecule has 1 fully saturated rings. The van der Waals surface area contributed by atoms with Crippen molar-refractivity contribution in [3.05, 3.63) is 70.7 Å². The molecule has 2 amide bonds. The maximum atomic E-state index is 12.7. The van der Waals surface area contributed by atoms with Gasteiger partial charge in [-0.2, -0.15) is 0 Å². The fraction of sp³-hybridized carbons (Fsp3) is 0.300. The molecule has 0 spiro atoms. The van der Waals surface area contributed by atoms with E-state index in [2.05, 4.69) is 5.32 Å². The Balaban J connectivity index is 1.63. The molecule has 1 aliphatic rings. The summed E-state index contributed by atoms with van der Waals surface area (Å²) in [6.07, 6.45) is -0.152. The highest BCUT2D eigenvalue weighted by atomic mass is 35.5. The maximum absolute atomic E-state index is 12.7. The molecule has 0 bridgehead atoms. The average molecular weight is 373 g/mol. The van der Waals surface area contributed by atoms with E-state index in [1.807, 2.05) is 30.3 Å². The zero-order valence-corrected chi connectivity index (χ0v) is 15.3. The lowest BCUT2D eigenvalue weighted by Crippen LogP contribution is -2.51. The molecule has 0 aliphatic carbocycles. The van der Waals surface area contributed by atoms with Crippen molar-refractivity contribution in [1.82, 2.24) is 10.2 Å². The minimum Gasteiger partial charge on any atom is -0.370 e. The number of rotatable bonds is 4. The van der Waals surface area contributed by atoms with Gasteiger partial charge in [0.1, 0.15) is 12.1 Å². The lowest BCUT2D eigenvalue weighted by molar-refractivity contribution is -0.140. The van der Waals surface area contributed by atoms with Crippen LogP contribution in [0.4, 0.5) is 0 Å². The van der Waals surface area contributed by atoms with Gasteiger partial charge >= 0.3 is 0 Å². The molecule has 26 heavy (non-hydrogen) atoms. The van der Waals surface area contributed by atoms with E-state index in [1.165, 1.54) is 0 Å². The molecule has 5 nitrogen and oxygen atoms in total. The molecule has 0 radical (unpaired) electrons. The largest absolute Gasteiger partial charge is 0.370 e. The standard InChI is InChI=1S/C20H21ClN2O3/c1-14(22-19(24)16-9-5-6-10-17(16)21)20(25)23-11-12-26-18(13-23)15-7-3-2-4-8-15/h2-10,14,18H,11-13H2,1H3,(H,22,24)/t14-,18?/m1/s1. The molecule has 136 valence electrons. The molecular formula is C20H21ClN2O3. The number of nitrogens with one attached hydrogen (secondary N) is 1. The number of amides is 2. The van der Waals surface area contributed by atoms with Crippen molar-refractivity contribution >= 4 is 23.4 Å². The highest BCUT2D eigenvalue weighted by molar-refractivity contribution is 6.33. The maximum Gasteiger partial charge on any atom is 0.253 e. The Morgan fingerprint density at radius 2 is 1.85 bits per heavy atom. The Hall–Kier alpha value is -2.37. The minimum absolute atomic E-state index is 0.130. The number of ether oxygens (including phenoxy) is 1. The first-order valence-corrected chi connectivity index (χ1v) is 8.95. The fourth-order valence-electron chi connectivity index (χ4n) is 2.97. The van der Waals surface area contributed by atoms with Gasteiger partial charge in [0.15, 0.2) is 0 Å². The predicted molar refractivity (Wildman–Crippen MR) is 100 cm³/mol. The second-order valence-corrected chi connectivity index (χ2v) is 6.64. The minimum atomic E-state index is -0.645. The van der Waals surface area contributed by atoms with Crippen LogP contribution in [0.2, 0.25) is 5.02 Å². The Morgan fingerprint density at radius 1 is 1.15 bits per heavy atom. The average Bonchev–Trinajstić information content (AvgIpc) is 2.68. The van der Waals surface area contributed by atoms with E-state index < -0.39 is 6.04 Å². The van der Waals surface area contributed by atoms with Crippen molar-refractivity contribution in [1.29, 1.82) is 0 Å². The van der Waals surface area contributed by atoms with E-state index in [0.29, 0.717) is 30.3 Å². The van der Waals surface area contributed by atoms with Gasteiger partial charge in [-0.1, -0.05) is 54.1 Å². The first-order valence-electron chi connectivity index (χ1n) is 8.57. The van der Waals surface area contributed by atoms with Crippen LogP contribution < -0.4 is 5.32 Å². The molecule has 1 saturated heterocycles. The molecule has 2 aromatic carbocycles. The van der Waals surface area contributed by atoms with Crippen molar-refractivity contribution in [3.63, 3.8) is 0 Å².